The average molecular weight is 237 g/mol. The van der Waals surface area contributed by atoms with Gasteiger partial charge in [-0.05, 0) is 62.9 Å². The van der Waals surface area contributed by atoms with E-state index in [-0.39, 0.29) is 0 Å². The summed E-state index contributed by atoms with van der Waals surface area (Å²) in [4.78, 5) is 2.76. The van der Waals surface area contributed by atoms with E-state index in [4.69, 9.17) is 0 Å². The molecular weight excluding hydrogens is 206 g/mol. The maximum Gasteiger partial charge on any atom is 0.000966 e. The van der Waals surface area contributed by atoms with Crippen molar-refractivity contribution < 1.29 is 0 Å². The second-order valence-electron chi connectivity index (χ2n) is 6.88. The lowest BCUT2D eigenvalue weighted by Gasteiger charge is -2.35. The molecule has 1 nitrogen and oxygen atoms in total. The predicted octanol–water partition coefficient (Wildman–Crippen LogP) is 4.32. The van der Waals surface area contributed by atoms with Crippen LogP contribution in [0.25, 0.3) is 0 Å². The van der Waals surface area contributed by atoms with E-state index in [1.807, 2.05) is 0 Å². The topological polar surface area (TPSA) is 3.24 Å². The molecule has 2 rings (SSSR count). The Balaban J connectivity index is 1.64. The molecule has 0 amide bonds. The Labute approximate surface area is 108 Å². The zero-order valence-electron chi connectivity index (χ0n) is 12.0. The molecule has 0 atom stereocenters. The first-order valence-electron chi connectivity index (χ1n) is 7.96. The molecule has 1 aliphatic heterocycles. The first-order valence-corrected chi connectivity index (χ1v) is 7.96. The van der Waals surface area contributed by atoms with Crippen LogP contribution < -0.4 is 0 Å². The van der Waals surface area contributed by atoms with E-state index in [0.717, 1.165) is 17.8 Å². The van der Waals surface area contributed by atoms with Gasteiger partial charge in [0.1, 0.15) is 0 Å². The smallest absolute Gasteiger partial charge is 0.000966 e. The summed E-state index contributed by atoms with van der Waals surface area (Å²) in [5.74, 6) is 2.95. The third-order valence-electron chi connectivity index (χ3n) is 4.75. The lowest BCUT2D eigenvalue weighted by molar-refractivity contribution is 0.137. The molecule has 1 aliphatic carbocycles. The monoisotopic (exact) mass is 237 g/mol. The van der Waals surface area contributed by atoms with Crippen LogP contribution in [0, 0.1) is 17.8 Å². The molecule has 0 radical (unpaired) electrons. The van der Waals surface area contributed by atoms with Gasteiger partial charge in [0.25, 0.3) is 0 Å². The highest BCUT2D eigenvalue weighted by Crippen LogP contribution is 2.28. The van der Waals surface area contributed by atoms with Crippen LogP contribution in [-0.2, 0) is 0 Å². The Morgan fingerprint density at radius 2 is 1.53 bits per heavy atom. The molecule has 0 aromatic heterocycles. The Bertz CT molecular complexity index is 198. The highest BCUT2D eigenvalue weighted by Gasteiger charge is 2.22. The number of piperidine rings is 1. The van der Waals surface area contributed by atoms with Crippen LogP contribution >= 0.6 is 0 Å². The Morgan fingerprint density at radius 1 is 0.882 bits per heavy atom. The van der Waals surface area contributed by atoms with E-state index in [0.29, 0.717) is 0 Å². The van der Waals surface area contributed by atoms with E-state index in [1.54, 1.807) is 0 Å². The summed E-state index contributed by atoms with van der Waals surface area (Å²) in [5, 5.41) is 0. The van der Waals surface area contributed by atoms with Crippen molar-refractivity contribution in [1.82, 2.24) is 4.90 Å². The van der Waals surface area contributed by atoms with Gasteiger partial charge in [-0.2, -0.15) is 0 Å². The highest BCUT2D eigenvalue weighted by atomic mass is 15.1. The molecule has 0 N–H and O–H groups in total. The van der Waals surface area contributed by atoms with Crippen LogP contribution in [0.4, 0.5) is 0 Å². The van der Waals surface area contributed by atoms with E-state index in [2.05, 4.69) is 18.7 Å². The first kappa shape index (κ1) is 13.4. The average Bonchev–Trinajstić information content (AvgIpc) is 2.32. The maximum absolute atomic E-state index is 2.76. The summed E-state index contributed by atoms with van der Waals surface area (Å²) in [5.41, 5.74) is 0. The number of nitrogens with zero attached hydrogens (tertiary/aromatic N) is 1. The largest absolute Gasteiger partial charge is 0.303 e. The van der Waals surface area contributed by atoms with Gasteiger partial charge < -0.3 is 4.90 Å². The number of hydrogen-bond acceptors (Lipinski definition) is 1. The van der Waals surface area contributed by atoms with Gasteiger partial charge in [-0.25, -0.2) is 0 Å². The molecule has 100 valence electrons. The molecule has 1 saturated carbocycles. The number of rotatable bonds is 4. The number of likely N-dealkylation sites (tertiary alicyclic amines) is 1. The molecule has 0 unspecified atom stereocenters. The fourth-order valence-electron chi connectivity index (χ4n) is 3.81. The molecule has 0 spiro atoms. The third-order valence-corrected chi connectivity index (χ3v) is 4.75. The van der Waals surface area contributed by atoms with Gasteiger partial charge >= 0.3 is 0 Å². The standard InChI is InChI=1S/C16H31N/c1-14(2)12-15-8-10-17(11-9-15)13-16-6-4-3-5-7-16/h14-16H,3-13H2,1-2H3. The van der Waals surface area contributed by atoms with Gasteiger partial charge in [0, 0.05) is 6.54 Å². The van der Waals surface area contributed by atoms with Crippen molar-refractivity contribution in [3.05, 3.63) is 0 Å². The molecule has 0 aromatic carbocycles. The van der Waals surface area contributed by atoms with Crippen LogP contribution in [0.1, 0.15) is 65.2 Å². The molecule has 2 aliphatic rings. The Kier molecular flexibility index (Phi) is 5.34. The minimum atomic E-state index is 0.893. The molecule has 1 heteroatoms. The predicted molar refractivity (Wildman–Crippen MR) is 75.2 cm³/mol. The van der Waals surface area contributed by atoms with Crippen molar-refractivity contribution in [1.29, 1.82) is 0 Å². The zero-order valence-corrected chi connectivity index (χ0v) is 12.0. The van der Waals surface area contributed by atoms with Crippen molar-refractivity contribution in [3.63, 3.8) is 0 Å². The molecule has 17 heavy (non-hydrogen) atoms. The second kappa shape index (κ2) is 6.78. The fourth-order valence-corrected chi connectivity index (χ4v) is 3.81. The van der Waals surface area contributed by atoms with Gasteiger partial charge in [0.2, 0.25) is 0 Å². The van der Waals surface area contributed by atoms with Gasteiger partial charge in [-0.1, -0.05) is 33.1 Å². The molecule has 2 fully saturated rings. The maximum atomic E-state index is 2.76. The van der Waals surface area contributed by atoms with Gasteiger partial charge in [-0.3, -0.25) is 0 Å². The summed E-state index contributed by atoms with van der Waals surface area (Å²) >= 11 is 0. The lowest BCUT2D eigenvalue weighted by atomic mass is 9.86. The summed E-state index contributed by atoms with van der Waals surface area (Å²) < 4.78 is 0. The highest BCUT2D eigenvalue weighted by molar-refractivity contribution is 4.76. The van der Waals surface area contributed by atoms with E-state index < -0.39 is 0 Å². The quantitative estimate of drug-likeness (QED) is 0.703. The van der Waals surface area contributed by atoms with Crippen molar-refractivity contribution >= 4 is 0 Å². The van der Waals surface area contributed by atoms with Gasteiger partial charge in [0.05, 0.1) is 0 Å². The van der Waals surface area contributed by atoms with Crippen LogP contribution in [0.2, 0.25) is 0 Å². The third kappa shape index (κ3) is 4.62. The fraction of sp³-hybridized carbons (Fsp3) is 1.00. The van der Waals surface area contributed by atoms with E-state index in [9.17, 15) is 0 Å². The van der Waals surface area contributed by atoms with Crippen LogP contribution in [0.15, 0.2) is 0 Å². The SMILES string of the molecule is CC(C)CC1CCN(CC2CCCCC2)CC1. The van der Waals surface area contributed by atoms with Crippen molar-refractivity contribution in [3.8, 4) is 0 Å². The van der Waals surface area contributed by atoms with Gasteiger partial charge in [-0.15, -0.1) is 0 Å². The molecule has 0 aromatic rings. The van der Waals surface area contributed by atoms with Gasteiger partial charge in [0.15, 0.2) is 0 Å². The molecular formula is C16H31N. The number of hydrogen-bond donors (Lipinski definition) is 0. The van der Waals surface area contributed by atoms with E-state index >= 15 is 0 Å². The zero-order chi connectivity index (χ0) is 12.1. The van der Waals surface area contributed by atoms with Crippen molar-refractivity contribution in [2.45, 2.75) is 65.2 Å². The van der Waals surface area contributed by atoms with Crippen LogP contribution in [0.3, 0.4) is 0 Å². The molecule has 1 saturated heterocycles. The van der Waals surface area contributed by atoms with Crippen LogP contribution in [-0.4, -0.2) is 24.5 Å². The summed E-state index contributed by atoms with van der Waals surface area (Å²) in [6, 6.07) is 0. The summed E-state index contributed by atoms with van der Waals surface area (Å²) in [7, 11) is 0. The summed E-state index contributed by atoms with van der Waals surface area (Å²) in [6.07, 6.45) is 11.9. The Hall–Kier alpha value is -0.0400. The van der Waals surface area contributed by atoms with Crippen molar-refractivity contribution in [2.24, 2.45) is 17.8 Å². The normalized spacial score (nSPS) is 25.6. The second-order valence-corrected chi connectivity index (χ2v) is 6.88. The molecule has 1 heterocycles. The minimum absolute atomic E-state index is 0.893. The summed E-state index contributed by atoms with van der Waals surface area (Å²) in [6.45, 7) is 8.92. The Morgan fingerprint density at radius 3 is 2.12 bits per heavy atom. The molecule has 0 bridgehead atoms. The first-order chi connectivity index (χ1) is 8.24. The lowest BCUT2D eigenvalue weighted by Crippen LogP contribution is -2.37. The van der Waals surface area contributed by atoms with Crippen molar-refractivity contribution in [2.75, 3.05) is 19.6 Å². The minimum Gasteiger partial charge on any atom is -0.303 e. The van der Waals surface area contributed by atoms with E-state index in [1.165, 1.54) is 71.0 Å². The van der Waals surface area contributed by atoms with Crippen LogP contribution in [0.5, 0.6) is 0 Å².